The fraction of sp³-hybridized carbons (Fsp3) is 0.471. The van der Waals surface area contributed by atoms with Crippen molar-refractivity contribution in [1.29, 1.82) is 0 Å². The third-order valence-corrected chi connectivity index (χ3v) is 5.37. The van der Waals surface area contributed by atoms with Crippen LogP contribution in [0.15, 0.2) is 29.4 Å². The van der Waals surface area contributed by atoms with Gasteiger partial charge in [0.2, 0.25) is 11.1 Å². The number of methoxy groups -OCH3 is 1. The highest BCUT2D eigenvalue weighted by atomic mass is 32.2. The molecule has 2 aromatic rings. The average molecular weight is 390 g/mol. The lowest BCUT2D eigenvalue weighted by Crippen LogP contribution is -2.45. The molecular formula is C17H22N6O3S. The number of amides is 3. The van der Waals surface area contributed by atoms with Crippen molar-refractivity contribution in [2.24, 2.45) is 0 Å². The summed E-state index contributed by atoms with van der Waals surface area (Å²) in [7, 11) is 1.59. The Bertz CT molecular complexity index is 788. The first-order chi connectivity index (χ1) is 13.1. The molecule has 1 aliphatic carbocycles. The molecule has 10 heteroatoms. The first-order valence-electron chi connectivity index (χ1n) is 8.77. The van der Waals surface area contributed by atoms with Crippen LogP contribution in [0.4, 0.5) is 4.79 Å². The molecule has 0 saturated heterocycles. The van der Waals surface area contributed by atoms with E-state index in [1.54, 1.807) is 26.2 Å². The van der Waals surface area contributed by atoms with Crippen LogP contribution in [0.3, 0.4) is 0 Å². The Morgan fingerprint density at radius 3 is 2.63 bits per heavy atom. The van der Waals surface area contributed by atoms with E-state index in [0.717, 1.165) is 37.1 Å². The van der Waals surface area contributed by atoms with E-state index in [-0.39, 0.29) is 11.9 Å². The maximum Gasteiger partial charge on any atom is 0.321 e. The summed E-state index contributed by atoms with van der Waals surface area (Å²) in [6.07, 6.45) is 4.14. The number of aromatic nitrogens is 4. The van der Waals surface area contributed by atoms with Gasteiger partial charge in [-0.1, -0.05) is 24.6 Å². The molecule has 1 saturated carbocycles. The molecule has 0 radical (unpaired) electrons. The van der Waals surface area contributed by atoms with Crippen LogP contribution in [0, 0.1) is 0 Å². The van der Waals surface area contributed by atoms with Gasteiger partial charge in [-0.05, 0) is 54.5 Å². The molecule has 0 aliphatic heterocycles. The van der Waals surface area contributed by atoms with E-state index >= 15 is 0 Å². The minimum Gasteiger partial charge on any atom is -0.497 e. The summed E-state index contributed by atoms with van der Waals surface area (Å²) in [5.41, 5.74) is 0.745. The van der Waals surface area contributed by atoms with Crippen molar-refractivity contribution in [3.05, 3.63) is 24.3 Å². The smallest absolute Gasteiger partial charge is 0.321 e. The molecule has 1 heterocycles. The highest BCUT2D eigenvalue weighted by Gasteiger charge is 2.23. The third-order valence-electron chi connectivity index (χ3n) is 4.34. The lowest BCUT2D eigenvalue weighted by atomic mass is 10.2. The summed E-state index contributed by atoms with van der Waals surface area (Å²) < 4.78 is 6.67. The number of nitrogens with zero attached hydrogens (tertiary/aromatic N) is 4. The summed E-state index contributed by atoms with van der Waals surface area (Å²) in [5, 5.41) is 16.8. The highest BCUT2D eigenvalue weighted by Crippen LogP contribution is 2.24. The predicted octanol–water partition coefficient (Wildman–Crippen LogP) is 1.92. The molecule has 3 amide bonds. The predicted molar refractivity (Wildman–Crippen MR) is 100.0 cm³/mol. The van der Waals surface area contributed by atoms with Crippen molar-refractivity contribution >= 4 is 23.7 Å². The van der Waals surface area contributed by atoms with Gasteiger partial charge < -0.3 is 10.1 Å². The summed E-state index contributed by atoms with van der Waals surface area (Å²) in [6.45, 7) is 1.70. The Labute approximate surface area is 161 Å². The van der Waals surface area contributed by atoms with Crippen LogP contribution in [-0.4, -0.2) is 50.5 Å². The molecule has 1 aromatic carbocycles. The lowest BCUT2D eigenvalue weighted by molar-refractivity contribution is -0.119. The molecule has 27 heavy (non-hydrogen) atoms. The molecule has 1 fully saturated rings. The second-order valence-corrected chi connectivity index (χ2v) is 7.58. The number of rotatable bonds is 6. The molecule has 3 rings (SSSR count). The second kappa shape index (κ2) is 8.85. The number of tetrazole rings is 1. The number of thioether (sulfide) groups is 1. The Kier molecular flexibility index (Phi) is 6.28. The SMILES string of the molecule is COc1ccc(-n2nnnc2S[C@@H](C)C(=O)NC(=O)NC2CCCC2)cc1. The van der Waals surface area contributed by atoms with E-state index < -0.39 is 11.3 Å². The Hall–Kier alpha value is -2.62. The summed E-state index contributed by atoms with van der Waals surface area (Å²) >= 11 is 1.18. The summed E-state index contributed by atoms with van der Waals surface area (Å²) in [6, 6.07) is 6.94. The second-order valence-electron chi connectivity index (χ2n) is 6.28. The molecule has 1 aliphatic rings. The van der Waals surface area contributed by atoms with Gasteiger partial charge in [0, 0.05) is 6.04 Å². The van der Waals surface area contributed by atoms with Gasteiger partial charge in [0.15, 0.2) is 0 Å². The van der Waals surface area contributed by atoms with Crippen molar-refractivity contribution in [2.45, 2.75) is 49.1 Å². The lowest BCUT2D eigenvalue weighted by Gasteiger charge is -2.14. The van der Waals surface area contributed by atoms with Crippen LogP contribution in [0.2, 0.25) is 0 Å². The van der Waals surface area contributed by atoms with Gasteiger partial charge in [-0.15, -0.1) is 5.10 Å². The number of urea groups is 1. The molecule has 1 atom stereocenters. The third kappa shape index (κ3) is 4.97. The molecule has 144 valence electrons. The standard InChI is InChI=1S/C17H22N6O3S/c1-11(15(24)19-16(25)18-12-5-3-4-6-12)27-17-20-21-22-23(17)13-7-9-14(26-2)10-8-13/h7-12H,3-6H2,1-2H3,(H2,18,19,24,25)/t11-/m0/s1. The summed E-state index contributed by atoms with van der Waals surface area (Å²) in [4.78, 5) is 24.3. The molecule has 2 N–H and O–H groups in total. The molecule has 9 nitrogen and oxygen atoms in total. The number of hydrogen-bond donors (Lipinski definition) is 2. The van der Waals surface area contributed by atoms with Crippen molar-refractivity contribution in [2.75, 3.05) is 7.11 Å². The number of ether oxygens (including phenoxy) is 1. The van der Waals surface area contributed by atoms with E-state index in [0.29, 0.717) is 5.16 Å². The zero-order chi connectivity index (χ0) is 19.2. The molecule has 0 bridgehead atoms. The van der Waals surface area contributed by atoms with E-state index in [1.807, 2.05) is 12.1 Å². The van der Waals surface area contributed by atoms with Gasteiger partial charge >= 0.3 is 6.03 Å². The maximum atomic E-state index is 12.3. The number of benzene rings is 1. The van der Waals surface area contributed by atoms with Crippen molar-refractivity contribution in [3.8, 4) is 11.4 Å². The minimum absolute atomic E-state index is 0.156. The number of imide groups is 1. The first kappa shape index (κ1) is 19.2. The Balaban J connectivity index is 1.58. The molecule has 0 spiro atoms. The van der Waals surface area contributed by atoms with Crippen LogP contribution in [0.5, 0.6) is 5.75 Å². The van der Waals surface area contributed by atoms with Gasteiger partial charge in [-0.25, -0.2) is 4.79 Å². The number of carbonyl (C=O) groups is 2. The number of nitrogens with one attached hydrogen (secondary N) is 2. The van der Waals surface area contributed by atoms with Crippen molar-refractivity contribution in [1.82, 2.24) is 30.8 Å². The topological polar surface area (TPSA) is 111 Å². The largest absolute Gasteiger partial charge is 0.497 e. The zero-order valence-corrected chi connectivity index (χ0v) is 16.0. The normalized spacial score (nSPS) is 15.3. The van der Waals surface area contributed by atoms with Crippen LogP contribution < -0.4 is 15.4 Å². The Morgan fingerprint density at radius 1 is 1.26 bits per heavy atom. The molecular weight excluding hydrogens is 368 g/mol. The van der Waals surface area contributed by atoms with Crippen LogP contribution in [0.1, 0.15) is 32.6 Å². The van der Waals surface area contributed by atoms with Gasteiger partial charge in [0.25, 0.3) is 0 Å². The van der Waals surface area contributed by atoms with E-state index in [2.05, 4.69) is 26.2 Å². The van der Waals surface area contributed by atoms with E-state index in [9.17, 15) is 9.59 Å². The summed E-state index contributed by atoms with van der Waals surface area (Å²) in [5.74, 6) is 0.335. The first-order valence-corrected chi connectivity index (χ1v) is 9.65. The fourth-order valence-corrected chi connectivity index (χ4v) is 3.66. The highest BCUT2D eigenvalue weighted by molar-refractivity contribution is 8.00. The van der Waals surface area contributed by atoms with Gasteiger partial charge in [0.1, 0.15) is 5.75 Å². The van der Waals surface area contributed by atoms with Crippen LogP contribution in [0.25, 0.3) is 5.69 Å². The van der Waals surface area contributed by atoms with Gasteiger partial charge in [-0.3, -0.25) is 10.1 Å². The Morgan fingerprint density at radius 2 is 1.96 bits per heavy atom. The van der Waals surface area contributed by atoms with E-state index in [1.165, 1.54) is 16.4 Å². The van der Waals surface area contributed by atoms with Crippen molar-refractivity contribution in [3.63, 3.8) is 0 Å². The maximum absolute atomic E-state index is 12.3. The van der Waals surface area contributed by atoms with Crippen molar-refractivity contribution < 1.29 is 14.3 Å². The number of carbonyl (C=O) groups excluding carboxylic acids is 2. The van der Waals surface area contributed by atoms with Crippen LogP contribution >= 0.6 is 11.8 Å². The van der Waals surface area contributed by atoms with Crippen LogP contribution in [-0.2, 0) is 4.79 Å². The average Bonchev–Trinajstić information content (AvgIpc) is 3.33. The fourth-order valence-electron chi connectivity index (χ4n) is 2.85. The van der Waals surface area contributed by atoms with E-state index in [4.69, 9.17) is 4.74 Å². The molecule has 0 unspecified atom stereocenters. The zero-order valence-electron chi connectivity index (χ0n) is 15.2. The van der Waals surface area contributed by atoms with Gasteiger partial charge in [0.05, 0.1) is 18.0 Å². The number of hydrogen-bond acceptors (Lipinski definition) is 7. The van der Waals surface area contributed by atoms with Gasteiger partial charge in [-0.2, -0.15) is 4.68 Å². The monoisotopic (exact) mass is 390 g/mol. The quantitative estimate of drug-likeness (QED) is 0.725. The molecule has 1 aromatic heterocycles. The minimum atomic E-state index is -0.540.